The number of rotatable bonds is 6. The van der Waals surface area contributed by atoms with Gasteiger partial charge in [-0.15, -0.1) is 11.8 Å². The summed E-state index contributed by atoms with van der Waals surface area (Å²) in [4.78, 5) is 3.71. The van der Waals surface area contributed by atoms with E-state index in [0.29, 0.717) is 6.04 Å². The summed E-state index contributed by atoms with van der Waals surface area (Å²) < 4.78 is 0. The Kier molecular flexibility index (Phi) is 6.05. The summed E-state index contributed by atoms with van der Waals surface area (Å²) in [6.45, 7) is 8.86. The number of aryl methyl sites for hydroxylation is 1. The van der Waals surface area contributed by atoms with Crippen molar-refractivity contribution < 1.29 is 0 Å². The number of halogens is 1. The Morgan fingerprint density at radius 2 is 1.96 bits per heavy atom. The highest BCUT2D eigenvalue weighted by molar-refractivity contribution is 7.98. The summed E-state index contributed by atoms with van der Waals surface area (Å²) >= 11 is 7.88. The maximum atomic E-state index is 6.17. The zero-order chi connectivity index (χ0) is 19.7. The molecule has 0 spiro atoms. The molecule has 2 aromatic carbocycles. The predicted molar refractivity (Wildman–Crippen MR) is 124 cm³/mol. The van der Waals surface area contributed by atoms with Crippen LogP contribution in [0.2, 0.25) is 5.02 Å². The summed E-state index contributed by atoms with van der Waals surface area (Å²) in [5.41, 5.74) is 6.08. The third-order valence-electron chi connectivity index (χ3n) is 6.14. The monoisotopic (exact) mass is 412 g/mol. The van der Waals surface area contributed by atoms with E-state index in [9.17, 15) is 0 Å². The van der Waals surface area contributed by atoms with Crippen molar-refractivity contribution >= 4 is 34.6 Å². The van der Waals surface area contributed by atoms with Gasteiger partial charge in [-0.05, 0) is 79.0 Å². The van der Waals surface area contributed by atoms with Crippen molar-refractivity contribution in [3.63, 3.8) is 0 Å². The minimum Gasteiger partial charge on any atom is -0.370 e. The Balaban J connectivity index is 1.49. The Bertz CT molecular complexity index is 875. The van der Waals surface area contributed by atoms with Gasteiger partial charge >= 0.3 is 0 Å². The van der Waals surface area contributed by atoms with Gasteiger partial charge in [-0.3, -0.25) is 0 Å². The van der Waals surface area contributed by atoms with E-state index in [4.69, 9.17) is 11.6 Å². The van der Waals surface area contributed by atoms with Crippen molar-refractivity contribution in [1.29, 1.82) is 0 Å². The van der Waals surface area contributed by atoms with Crippen LogP contribution in [0.4, 0.5) is 5.69 Å². The first-order valence-electron chi connectivity index (χ1n) is 10.2. The molecule has 1 aliphatic carbocycles. The van der Waals surface area contributed by atoms with Gasteiger partial charge in [0.15, 0.2) is 0 Å². The molecule has 1 saturated carbocycles. The lowest BCUT2D eigenvalue weighted by molar-refractivity contribution is 0.311. The van der Waals surface area contributed by atoms with Crippen molar-refractivity contribution in [1.82, 2.24) is 5.32 Å². The molecule has 1 saturated heterocycles. The standard InChI is InChI=1S/C24H29ClN2S/c1-16-13-18(17(2)22-9-8-19(25)14-24(22)28-3)7-10-23(16)27-12-11-21(15-27)26-20-5-4-6-20/h7-10,13-14,20-21,26H,2,4-6,11-12,15H2,1,3H3. The minimum absolute atomic E-state index is 0.637. The maximum absolute atomic E-state index is 6.17. The van der Waals surface area contributed by atoms with Crippen molar-refractivity contribution in [3.8, 4) is 0 Å². The van der Waals surface area contributed by atoms with E-state index in [1.807, 2.05) is 12.1 Å². The van der Waals surface area contributed by atoms with Crippen LogP contribution in [0.25, 0.3) is 5.57 Å². The van der Waals surface area contributed by atoms with Crippen LogP contribution in [0.5, 0.6) is 0 Å². The highest BCUT2D eigenvalue weighted by Crippen LogP contribution is 2.34. The van der Waals surface area contributed by atoms with Crippen molar-refractivity contribution in [2.45, 2.75) is 49.6 Å². The second-order valence-corrected chi connectivity index (χ2v) is 9.34. The van der Waals surface area contributed by atoms with Gasteiger partial charge in [0.05, 0.1) is 0 Å². The zero-order valence-electron chi connectivity index (χ0n) is 16.8. The first-order valence-corrected chi connectivity index (χ1v) is 11.8. The largest absolute Gasteiger partial charge is 0.370 e. The van der Waals surface area contributed by atoms with E-state index < -0.39 is 0 Å². The summed E-state index contributed by atoms with van der Waals surface area (Å²) in [6.07, 6.45) is 7.43. The van der Waals surface area contributed by atoms with Crippen LogP contribution in [0.3, 0.4) is 0 Å². The summed E-state index contributed by atoms with van der Waals surface area (Å²) in [5.74, 6) is 0. The Morgan fingerprint density at radius 3 is 2.64 bits per heavy atom. The summed E-state index contributed by atoms with van der Waals surface area (Å²) in [5, 5.41) is 4.60. The average molecular weight is 413 g/mol. The third kappa shape index (κ3) is 4.12. The molecule has 1 unspecified atom stereocenters. The molecule has 2 fully saturated rings. The molecular weight excluding hydrogens is 384 g/mol. The Hall–Kier alpha value is -1.42. The fraction of sp³-hybridized carbons (Fsp3) is 0.417. The number of benzene rings is 2. The molecule has 1 N–H and O–H groups in total. The van der Waals surface area contributed by atoms with Gasteiger partial charge in [0.2, 0.25) is 0 Å². The number of thioether (sulfide) groups is 1. The molecule has 2 aromatic rings. The number of hydrogen-bond acceptors (Lipinski definition) is 3. The minimum atomic E-state index is 0.637. The molecule has 1 heterocycles. The fourth-order valence-corrected chi connectivity index (χ4v) is 5.18. The molecule has 1 atom stereocenters. The van der Waals surface area contributed by atoms with Gasteiger partial charge < -0.3 is 10.2 Å². The predicted octanol–water partition coefficient (Wildman–Crippen LogP) is 6.15. The first kappa shape index (κ1) is 19.9. The lowest BCUT2D eigenvalue weighted by Gasteiger charge is -2.30. The highest BCUT2D eigenvalue weighted by Gasteiger charge is 2.27. The highest BCUT2D eigenvalue weighted by atomic mass is 35.5. The second-order valence-electron chi connectivity index (χ2n) is 8.05. The van der Waals surface area contributed by atoms with E-state index >= 15 is 0 Å². The van der Waals surface area contributed by atoms with Crippen molar-refractivity contribution in [3.05, 3.63) is 64.7 Å². The van der Waals surface area contributed by atoms with Gasteiger partial charge in [-0.2, -0.15) is 0 Å². The van der Waals surface area contributed by atoms with Gasteiger partial charge in [0, 0.05) is 40.8 Å². The SMILES string of the molecule is C=C(c1ccc(N2CCC(NC3CCC3)C2)c(C)c1)c1ccc(Cl)cc1SC. The summed E-state index contributed by atoms with van der Waals surface area (Å²) in [6, 6.07) is 14.2. The normalized spacial score (nSPS) is 19.7. The molecule has 4 rings (SSSR count). The third-order valence-corrected chi connectivity index (χ3v) is 7.15. The van der Waals surface area contributed by atoms with Gasteiger partial charge in [0.1, 0.15) is 0 Å². The molecule has 0 aromatic heterocycles. The summed E-state index contributed by atoms with van der Waals surface area (Å²) in [7, 11) is 0. The molecule has 0 radical (unpaired) electrons. The Morgan fingerprint density at radius 1 is 1.14 bits per heavy atom. The molecular formula is C24H29ClN2S. The van der Waals surface area contributed by atoms with E-state index in [1.54, 1.807) is 11.8 Å². The van der Waals surface area contributed by atoms with E-state index in [0.717, 1.165) is 35.3 Å². The van der Waals surface area contributed by atoms with E-state index in [2.05, 4.69) is 54.2 Å². The average Bonchev–Trinajstić information content (AvgIpc) is 3.12. The number of nitrogens with one attached hydrogen (secondary N) is 1. The molecule has 2 aliphatic rings. The van der Waals surface area contributed by atoms with Crippen LogP contribution in [0.1, 0.15) is 42.4 Å². The molecule has 0 bridgehead atoms. The number of hydrogen-bond donors (Lipinski definition) is 1. The van der Waals surface area contributed by atoms with Gasteiger partial charge in [-0.1, -0.05) is 36.7 Å². The van der Waals surface area contributed by atoms with Crippen molar-refractivity contribution in [2.75, 3.05) is 24.2 Å². The van der Waals surface area contributed by atoms with Crippen LogP contribution >= 0.6 is 23.4 Å². The second kappa shape index (κ2) is 8.52. The van der Waals surface area contributed by atoms with Crippen LogP contribution in [0.15, 0.2) is 47.9 Å². The number of nitrogens with zero attached hydrogens (tertiary/aromatic N) is 1. The van der Waals surface area contributed by atoms with E-state index in [1.165, 1.54) is 47.4 Å². The smallest absolute Gasteiger partial charge is 0.0417 e. The number of anilines is 1. The lowest BCUT2D eigenvalue weighted by Crippen LogP contribution is -2.43. The maximum Gasteiger partial charge on any atom is 0.0417 e. The van der Waals surface area contributed by atoms with E-state index in [-0.39, 0.29) is 0 Å². The topological polar surface area (TPSA) is 15.3 Å². The van der Waals surface area contributed by atoms with Gasteiger partial charge in [0.25, 0.3) is 0 Å². The Labute approximate surface area is 178 Å². The molecule has 148 valence electrons. The molecule has 1 aliphatic heterocycles. The van der Waals surface area contributed by atoms with Crippen LogP contribution in [0, 0.1) is 6.92 Å². The van der Waals surface area contributed by atoms with Gasteiger partial charge in [-0.25, -0.2) is 0 Å². The molecule has 4 heteroatoms. The van der Waals surface area contributed by atoms with Crippen molar-refractivity contribution in [2.24, 2.45) is 0 Å². The lowest BCUT2D eigenvalue weighted by atomic mass is 9.92. The van der Waals surface area contributed by atoms with Crippen LogP contribution in [-0.2, 0) is 0 Å². The quantitative estimate of drug-likeness (QED) is 0.572. The zero-order valence-corrected chi connectivity index (χ0v) is 18.4. The first-order chi connectivity index (χ1) is 13.5. The van der Waals surface area contributed by atoms with Crippen LogP contribution < -0.4 is 10.2 Å². The fourth-order valence-electron chi connectivity index (χ4n) is 4.29. The molecule has 0 amide bonds. The molecule has 2 nitrogen and oxygen atoms in total. The molecule has 28 heavy (non-hydrogen) atoms. The van der Waals surface area contributed by atoms with Crippen LogP contribution in [-0.4, -0.2) is 31.4 Å².